The molecule has 3 amide bonds. The Morgan fingerprint density at radius 1 is 1.00 bits per heavy atom. The van der Waals surface area contributed by atoms with Gasteiger partial charge in [0.05, 0.1) is 11.8 Å². The summed E-state index contributed by atoms with van der Waals surface area (Å²) in [6.45, 7) is 0.351. The fourth-order valence-electron chi connectivity index (χ4n) is 2.40. The number of nitrogens with one attached hydrogen (secondary N) is 3. The lowest BCUT2D eigenvalue weighted by Crippen LogP contribution is -2.23. The van der Waals surface area contributed by atoms with E-state index in [9.17, 15) is 9.59 Å². The molecule has 132 valence electrons. The first-order valence-corrected chi connectivity index (χ1v) is 8.09. The second-order valence-corrected chi connectivity index (χ2v) is 5.73. The number of carbonyl (C=O) groups excluding carboxylic acids is 2. The third-order valence-corrected chi connectivity index (χ3v) is 3.64. The maximum absolute atomic E-state index is 12.1. The molecule has 1 aromatic heterocycles. The first-order valence-electron chi connectivity index (χ1n) is 8.09. The highest BCUT2D eigenvalue weighted by atomic mass is 16.2. The Morgan fingerprint density at radius 3 is 2.46 bits per heavy atom. The zero-order chi connectivity index (χ0) is 18.4. The molecule has 3 rings (SSSR count). The number of carbonyl (C=O) groups is 2. The molecular formula is C19H19N5O2. The Kier molecular flexibility index (Phi) is 5.28. The summed E-state index contributed by atoms with van der Waals surface area (Å²) >= 11 is 0. The molecule has 0 fully saturated rings. The maximum Gasteiger partial charge on any atom is 0.323 e. The summed E-state index contributed by atoms with van der Waals surface area (Å²) in [7, 11) is 1.76. The van der Waals surface area contributed by atoms with E-state index < -0.39 is 0 Å². The van der Waals surface area contributed by atoms with Crippen molar-refractivity contribution in [1.82, 2.24) is 15.1 Å². The fraction of sp³-hybridized carbons (Fsp3) is 0.105. The van der Waals surface area contributed by atoms with Crippen LogP contribution in [0.1, 0.15) is 15.9 Å². The standard InChI is InChI=1S/C19H19N5O2/c1-24-13-15(12-21-24)18(25)20-11-14-6-5-9-17(10-14)23-19(26)22-16-7-3-2-4-8-16/h2-10,12-13H,11H2,1H3,(H,20,25)(H2,22,23,26). The van der Waals surface area contributed by atoms with Crippen molar-refractivity contribution in [2.75, 3.05) is 10.6 Å². The number of hydrogen-bond acceptors (Lipinski definition) is 3. The van der Waals surface area contributed by atoms with Gasteiger partial charge < -0.3 is 16.0 Å². The van der Waals surface area contributed by atoms with Crippen LogP contribution >= 0.6 is 0 Å². The summed E-state index contributed by atoms with van der Waals surface area (Å²) < 4.78 is 1.57. The summed E-state index contributed by atoms with van der Waals surface area (Å²) in [6, 6.07) is 16.2. The number of para-hydroxylation sites is 1. The Bertz CT molecular complexity index is 905. The van der Waals surface area contributed by atoms with Crippen molar-refractivity contribution in [1.29, 1.82) is 0 Å². The summed E-state index contributed by atoms with van der Waals surface area (Å²) in [5.41, 5.74) is 2.74. The van der Waals surface area contributed by atoms with Gasteiger partial charge in [0, 0.05) is 31.2 Å². The molecule has 0 aliphatic rings. The van der Waals surface area contributed by atoms with Crippen molar-refractivity contribution in [2.45, 2.75) is 6.54 Å². The van der Waals surface area contributed by atoms with Crippen molar-refractivity contribution in [2.24, 2.45) is 7.05 Å². The van der Waals surface area contributed by atoms with Crippen LogP contribution < -0.4 is 16.0 Å². The fourth-order valence-corrected chi connectivity index (χ4v) is 2.40. The van der Waals surface area contributed by atoms with E-state index >= 15 is 0 Å². The van der Waals surface area contributed by atoms with Crippen LogP contribution in [-0.4, -0.2) is 21.7 Å². The Labute approximate surface area is 151 Å². The number of hydrogen-bond donors (Lipinski definition) is 3. The molecule has 0 spiro atoms. The average molecular weight is 349 g/mol. The highest BCUT2D eigenvalue weighted by Crippen LogP contribution is 2.12. The topological polar surface area (TPSA) is 88.0 Å². The highest BCUT2D eigenvalue weighted by Gasteiger charge is 2.08. The molecule has 0 unspecified atom stereocenters. The predicted molar refractivity (Wildman–Crippen MR) is 99.9 cm³/mol. The van der Waals surface area contributed by atoms with Gasteiger partial charge in [-0.1, -0.05) is 30.3 Å². The molecule has 26 heavy (non-hydrogen) atoms. The largest absolute Gasteiger partial charge is 0.348 e. The molecule has 0 radical (unpaired) electrons. The van der Waals surface area contributed by atoms with Crippen molar-refractivity contribution in [3.05, 3.63) is 78.1 Å². The smallest absolute Gasteiger partial charge is 0.323 e. The van der Waals surface area contributed by atoms with Crippen LogP contribution in [0.15, 0.2) is 67.0 Å². The van der Waals surface area contributed by atoms with Gasteiger partial charge in [0.15, 0.2) is 0 Å². The van der Waals surface area contributed by atoms with E-state index in [0.29, 0.717) is 23.5 Å². The predicted octanol–water partition coefficient (Wildman–Crippen LogP) is 2.99. The average Bonchev–Trinajstić information content (AvgIpc) is 3.07. The van der Waals surface area contributed by atoms with Gasteiger partial charge in [-0.15, -0.1) is 0 Å². The molecule has 0 bridgehead atoms. The number of urea groups is 1. The molecule has 0 atom stereocenters. The van der Waals surface area contributed by atoms with Gasteiger partial charge in [-0.05, 0) is 29.8 Å². The van der Waals surface area contributed by atoms with Gasteiger partial charge in [0.2, 0.25) is 0 Å². The van der Waals surface area contributed by atoms with E-state index in [0.717, 1.165) is 5.56 Å². The molecule has 0 saturated carbocycles. The Hall–Kier alpha value is -3.61. The number of benzene rings is 2. The minimum Gasteiger partial charge on any atom is -0.348 e. The molecule has 7 heteroatoms. The lowest BCUT2D eigenvalue weighted by atomic mass is 10.2. The van der Waals surface area contributed by atoms with Gasteiger partial charge in [-0.25, -0.2) is 4.79 Å². The van der Waals surface area contributed by atoms with Crippen molar-refractivity contribution < 1.29 is 9.59 Å². The van der Waals surface area contributed by atoms with E-state index in [2.05, 4.69) is 21.0 Å². The SMILES string of the molecule is Cn1cc(C(=O)NCc2cccc(NC(=O)Nc3ccccc3)c2)cn1. The van der Waals surface area contributed by atoms with E-state index in [-0.39, 0.29) is 11.9 Å². The lowest BCUT2D eigenvalue weighted by Gasteiger charge is -2.09. The molecule has 3 aromatic rings. The first kappa shape index (κ1) is 17.2. The third-order valence-electron chi connectivity index (χ3n) is 3.64. The summed E-state index contributed by atoms with van der Waals surface area (Å²) in [5.74, 6) is -0.196. The summed E-state index contributed by atoms with van der Waals surface area (Å²) in [6.07, 6.45) is 3.17. The number of rotatable bonds is 5. The molecule has 3 N–H and O–H groups in total. The van der Waals surface area contributed by atoms with Gasteiger partial charge in [0.25, 0.3) is 5.91 Å². The van der Waals surface area contributed by atoms with Gasteiger partial charge >= 0.3 is 6.03 Å². The molecule has 1 heterocycles. The van der Waals surface area contributed by atoms with Gasteiger partial charge in [0.1, 0.15) is 0 Å². The van der Waals surface area contributed by atoms with Crippen molar-refractivity contribution in [3.63, 3.8) is 0 Å². The van der Waals surface area contributed by atoms with E-state index in [1.54, 1.807) is 24.0 Å². The van der Waals surface area contributed by atoms with Gasteiger partial charge in [-0.3, -0.25) is 9.48 Å². The van der Waals surface area contributed by atoms with Crippen LogP contribution in [0, 0.1) is 0 Å². The van der Waals surface area contributed by atoms with Crippen LogP contribution in [0.5, 0.6) is 0 Å². The quantitative estimate of drug-likeness (QED) is 0.662. The number of aryl methyl sites for hydroxylation is 1. The number of nitrogens with zero attached hydrogens (tertiary/aromatic N) is 2. The van der Waals surface area contributed by atoms with E-state index in [1.165, 1.54) is 6.20 Å². The monoisotopic (exact) mass is 349 g/mol. The maximum atomic E-state index is 12.1. The third kappa shape index (κ3) is 4.70. The minimum atomic E-state index is -0.326. The second-order valence-electron chi connectivity index (χ2n) is 5.73. The second kappa shape index (κ2) is 7.98. The zero-order valence-electron chi connectivity index (χ0n) is 14.3. The van der Waals surface area contributed by atoms with Crippen LogP contribution in [0.3, 0.4) is 0 Å². The summed E-state index contributed by atoms with van der Waals surface area (Å²) in [5, 5.41) is 12.3. The van der Waals surface area contributed by atoms with Crippen LogP contribution in [0.2, 0.25) is 0 Å². The first-order chi connectivity index (χ1) is 12.6. The highest BCUT2D eigenvalue weighted by molar-refractivity contribution is 5.99. The molecule has 7 nitrogen and oxygen atoms in total. The van der Waals surface area contributed by atoms with Gasteiger partial charge in [-0.2, -0.15) is 5.10 Å². The van der Waals surface area contributed by atoms with E-state index in [1.807, 2.05) is 48.5 Å². The Morgan fingerprint density at radius 2 is 1.73 bits per heavy atom. The molecule has 2 aromatic carbocycles. The minimum absolute atomic E-state index is 0.196. The van der Waals surface area contributed by atoms with Crippen molar-refractivity contribution in [3.8, 4) is 0 Å². The van der Waals surface area contributed by atoms with Crippen molar-refractivity contribution >= 4 is 23.3 Å². The molecular weight excluding hydrogens is 330 g/mol. The molecule has 0 saturated heterocycles. The number of amides is 3. The number of anilines is 2. The zero-order valence-corrected chi connectivity index (χ0v) is 14.3. The lowest BCUT2D eigenvalue weighted by molar-refractivity contribution is 0.0951. The molecule has 0 aliphatic carbocycles. The normalized spacial score (nSPS) is 10.2. The number of aromatic nitrogens is 2. The van der Waals surface area contributed by atoms with Crippen LogP contribution in [0.4, 0.5) is 16.2 Å². The Balaban J connectivity index is 1.56. The summed E-state index contributed by atoms with van der Waals surface area (Å²) in [4.78, 5) is 24.1. The van der Waals surface area contributed by atoms with Crippen LogP contribution in [-0.2, 0) is 13.6 Å². The van der Waals surface area contributed by atoms with Crippen LogP contribution in [0.25, 0.3) is 0 Å². The molecule has 0 aliphatic heterocycles. The van der Waals surface area contributed by atoms with E-state index in [4.69, 9.17) is 0 Å².